The lowest BCUT2D eigenvalue weighted by Gasteiger charge is -2.01. The molecule has 0 radical (unpaired) electrons. The van der Waals surface area contributed by atoms with Crippen molar-refractivity contribution in [3.8, 4) is 11.3 Å². The molecular formula is C15H16N2O. The first-order valence-electron chi connectivity index (χ1n) is 6.31. The zero-order valence-electron chi connectivity index (χ0n) is 10.6. The van der Waals surface area contributed by atoms with Crippen LogP contribution in [0.25, 0.3) is 22.2 Å². The quantitative estimate of drug-likeness (QED) is 0.740. The lowest BCUT2D eigenvalue weighted by molar-refractivity contribution is 0.462. The lowest BCUT2D eigenvalue weighted by atomic mass is 10.1. The Bertz CT molecular complexity index is 666. The van der Waals surface area contributed by atoms with E-state index < -0.39 is 0 Å². The molecule has 3 aromatic rings. The summed E-state index contributed by atoms with van der Waals surface area (Å²) in [5, 5.41) is 1.17. The van der Waals surface area contributed by atoms with Crippen molar-refractivity contribution in [1.29, 1.82) is 0 Å². The highest BCUT2D eigenvalue weighted by atomic mass is 16.4. The molecule has 1 unspecified atom stereocenters. The van der Waals surface area contributed by atoms with Gasteiger partial charge in [-0.15, -0.1) is 0 Å². The molecular weight excluding hydrogens is 224 g/mol. The Balaban J connectivity index is 2.07. The summed E-state index contributed by atoms with van der Waals surface area (Å²) in [6.07, 6.45) is 4.83. The highest BCUT2D eigenvalue weighted by Crippen LogP contribution is 2.30. The maximum atomic E-state index is 5.86. The highest BCUT2D eigenvalue weighted by Gasteiger charge is 2.14. The second-order valence-electron chi connectivity index (χ2n) is 4.62. The number of para-hydroxylation sites is 1. The fourth-order valence-electron chi connectivity index (χ4n) is 2.09. The van der Waals surface area contributed by atoms with E-state index in [1.54, 1.807) is 0 Å². The highest BCUT2D eigenvalue weighted by molar-refractivity contribution is 5.93. The van der Waals surface area contributed by atoms with Gasteiger partial charge in [-0.2, -0.15) is 0 Å². The number of hydrogen-bond donors (Lipinski definition) is 1. The summed E-state index contributed by atoms with van der Waals surface area (Å²) in [4.78, 5) is 7.62. The van der Waals surface area contributed by atoms with Crippen LogP contribution in [0.2, 0.25) is 0 Å². The van der Waals surface area contributed by atoms with Gasteiger partial charge in [0, 0.05) is 28.6 Å². The molecule has 0 aliphatic heterocycles. The number of H-pyrrole nitrogens is 1. The first kappa shape index (κ1) is 11.1. The molecule has 0 aliphatic rings. The van der Waals surface area contributed by atoms with Crippen molar-refractivity contribution >= 4 is 10.9 Å². The van der Waals surface area contributed by atoms with Gasteiger partial charge in [0.1, 0.15) is 0 Å². The summed E-state index contributed by atoms with van der Waals surface area (Å²) >= 11 is 0. The van der Waals surface area contributed by atoms with Crippen molar-refractivity contribution in [2.75, 3.05) is 0 Å². The van der Waals surface area contributed by atoms with Crippen molar-refractivity contribution in [3.05, 3.63) is 42.5 Å². The number of rotatable bonds is 3. The first-order valence-corrected chi connectivity index (χ1v) is 6.31. The Morgan fingerprint density at radius 3 is 3.00 bits per heavy atom. The molecule has 0 bridgehead atoms. The third kappa shape index (κ3) is 1.72. The first-order chi connectivity index (χ1) is 8.79. The Morgan fingerprint density at radius 2 is 2.17 bits per heavy atom. The van der Waals surface area contributed by atoms with Gasteiger partial charge >= 0.3 is 0 Å². The van der Waals surface area contributed by atoms with Gasteiger partial charge in [0.2, 0.25) is 0 Å². The van der Waals surface area contributed by atoms with Gasteiger partial charge in [-0.05, 0) is 12.5 Å². The molecule has 3 nitrogen and oxygen atoms in total. The van der Waals surface area contributed by atoms with E-state index in [4.69, 9.17) is 4.42 Å². The second kappa shape index (κ2) is 4.33. The predicted octanol–water partition coefficient (Wildman–Crippen LogP) is 4.34. The minimum Gasteiger partial charge on any atom is -0.440 e. The summed E-state index contributed by atoms with van der Waals surface area (Å²) in [6.45, 7) is 4.27. The molecule has 1 aromatic carbocycles. The molecule has 2 heterocycles. The average Bonchev–Trinajstić information content (AvgIpc) is 3.03. The Hall–Kier alpha value is -2.03. The predicted molar refractivity (Wildman–Crippen MR) is 72.5 cm³/mol. The van der Waals surface area contributed by atoms with E-state index in [2.05, 4.69) is 35.9 Å². The monoisotopic (exact) mass is 240 g/mol. The standard InChI is InChI=1S/C15H16N2O/c1-3-10(2)15-17-9-14(18-15)12-8-16-13-7-5-4-6-11(12)13/h4-10,16H,3H2,1-2H3. The minimum atomic E-state index is 0.365. The molecule has 0 fully saturated rings. The maximum absolute atomic E-state index is 5.86. The molecule has 3 rings (SSSR count). The molecule has 92 valence electrons. The van der Waals surface area contributed by atoms with E-state index in [0.717, 1.165) is 29.2 Å². The minimum absolute atomic E-state index is 0.365. The fourth-order valence-corrected chi connectivity index (χ4v) is 2.09. The largest absolute Gasteiger partial charge is 0.440 e. The molecule has 0 spiro atoms. The number of benzene rings is 1. The zero-order chi connectivity index (χ0) is 12.5. The summed E-state index contributed by atoms with van der Waals surface area (Å²) in [5.74, 6) is 2.02. The molecule has 0 saturated heterocycles. The van der Waals surface area contributed by atoms with Gasteiger partial charge in [0.05, 0.1) is 6.20 Å². The zero-order valence-corrected chi connectivity index (χ0v) is 10.6. The van der Waals surface area contributed by atoms with Crippen LogP contribution in [0.1, 0.15) is 32.1 Å². The van der Waals surface area contributed by atoms with E-state index in [9.17, 15) is 0 Å². The van der Waals surface area contributed by atoms with Gasteiger partial charge in [0.15, 0.2) is 11.7 Å². The third-order valence-electron chi connectivity index (χ3n) is 3.41. The van der Waals surface area contributed by atoms with Crippen molar-refractivity contribution < 1.29 is 4.42 Å². The molecule has 1 atom stereocenters. The number of oxazole rings is 1. The summed E-state index contributed by atoms with van der Waals surface area (Å²) in [7, 11) is 0. The van der Waals surface area contributed by atoms with Crippen LogP contribution < -0.4 is 0 Å². The van der Waals surface area contributed by atoms with Gasteiger partial charge in [-0.25, -0.2) is 4.98 Å². The maximum Gasteiger partial charge on any atom is 0.197 e. The lowest BCUT2D eigenvalue weighted by Crippen LogP contribution is -1.89. The van der Waals surface area contributed by atoms with Crippen molar-refractivity contribution in [2.24, 2.45) is 0 Å². The Morgan fingerprint density at radius 1 is 1.33 bits per heavy atom. The summed E-state index contributed by atoms with van der Waals surface area (Å²) in [6, 6.07) is 8.20. The number of hydrogen-bond acceptors (Lipinski definition) is 2. The number of nitrogens with zero attached hydrogens (tertiary/aromatic N) is 1. The van der Waals surface area contributed by atoms with Gasteiger partial charge < -0.3 is 9.40 Å². The number of fused-ring (bicyclic) bond motifs is 1. The fraction of sp³-hybridized carbons (Fsp3) is 0.267. The van der Waals surface area contributed by atoms with E-state index in [1.165, 1.54) is 5.39 Å². The number of aromatic nitrogens is 2. The van der Waals surface area contributed by atoms with Crippen LogP contribution in [0.3, 0.4) is 0 Å². The normalized spacial score (nSPS) is 13.0. The van der Waals surface area contributed by atoms with Crippen molar-refractivity contribution in [1.82, 2.24) is 9.97 Å². The number of aromatic amines is 1. The number of nitrogens with one attached hydrogen (secondary N) is 1. The van der Waals surface area contributed by atoms with Crippen LogP contribution in [-0.4, -0.2) is 9.97 Å². The van der Waals surface area contributed by atoms with E-state index in [1.807, 2.05) is 24.5 Å². The van der Waals surface area contributed by atoms with Crippen LogP contribution in [0.4, 0.5) is 0 Å². The molecule has 3 heteroatoms. The van der Waals surface area contributed by atoms with Crippen molar-refractivity contribution in [2.45, 2.75) is 26.2 Å². The Kier molecular flexibility index (Phi) is 2.67. The van der Waals surface area contributed by atoms with E-state index >= 15 is 0 Å². The molecule has 1 N–H and O–H groups in total. The van der Waals surface area contributed by atoms with Gasteiger partial charge in [-0.1, -0.05) is 32.0 Å². The van der Waals surface area contributed by atoms with Gasteiger partial charge in [-0.3, -0.25) is 0 Å². The smallest absolute Gasteiger partial charge is 0.197 e. The second-order valence-corrected chi connectivity index (χ2v) is 4.62. The van der Waals surface area contributed by atoms with Crippen LogP contribution in [-0.2, 0) is 0 Å². The third-order valence-corrected chi connectivity index (χ3v) is 3.41. The SMILES string of the molecule is CCC(C)c1ncc(-c2c[nH]c3ccccc23)o1. The molecule has 0 amide bonds. The average molecular weight is 240 g/mol. The Labute approximate surface area is 106 Å². The van der Waals surface area contributed by atoms with E-state index in [0.29, 0.717) is 5.92 Å². The summed E-state index contributed by atoms with van der Waals surface area (Å²) in [5.41, 5.74) is 2.20. The topological polar surface area (TPSA) is 41.8 Å². The molecule has 0 aliphatic carbocycles. The van der Waals surface area contributed by atoms with Crippen LogP contribution in [0, 0.1) is 0 Å². The molecule has 0 saturated carbocycles. The molecule has 18 heavy (non-hydrogen) atoms. The van der Waals surface area contributed by atoms with Crippen LogP contribution in [0.5, 0.6) is 0 Å². The van der Waals surface area contributed by atoms with Crippen LogP contribution >= 0.6 is 0 Å². The molecule has 2 aromatic heterocycles. The van der Waals surface area contributed by atoms with Gasteiger partial charge in [0.25, 0.3) is 0 Å². The van der Waals surface area contributed by atoms with E-state index in [-0.39, 0.29) is 0 Å². The summed E-state index contributed by atoms with van der Waals surface area (Å²) < 4.78 is 5.86. The van der Waals surface area contributed by atoms with Crippen molar-refractivity contribution in [3.63, 3.8) is 0 Å². The van der Waals surface area contributed by atoms with Crippen LogP contribution in [0.15, 0.2) is 41.1 Å².